The number of benzene rings is 3. The molecule has 1 N–H and O–H groups in total. The average molecular weight is 412 g/mol. The van der Waals surface area contributed by atoms with E-state index >= 15 is 0 Å². The van der Waals surface area contributed by atoms with Gasteiger partial charge >= 0.3 is 0 Å². The van der Waals surface area contributed by atoms with Crippen LogP contribution in [0.5, 0.6) is 5.75 Å². The van der Waals surface area contributed by atoms with Gasteiger partial charge in [0.1, 0.15) is 12.4 Å². The van der Waals surface area contributed by atoms with Gasteiger partial charge in [0.15, 0.2) is 0 Å². The Morgan fingerprint density at radius 1 is 0.903 bits per heavy atom. The lowest BCUT2D eigenvalue weighted by Crippen LogP contribution is -2.15. The number of anilines is 1. The van der Waals surface area contributed by atoms with E-state index in [4.69, 9.17) is 4.74 Å². The molecule has 0 unspecified atom stereocenters. The maximum Gasteiger partial charge on any atom is 0.230 e. The summed E-state index contributed by atoms with van der Waals surface area (Å²) in [5, 5.41) is 11.3. The molecule has 6 heteroatoms. The minimum absolute atomic E-state index is 0.132. The summed E-state index contributed by atoms with van der Waals surface area (Å²) in [4.78, 5) is 12.5. The zero-order valence-electron chi connectivity index (χ0n) is 17.4. The van der Waals surface area contributed by atoms with E-state index in [0.29, 0.717) is 24.5 Å². The fourth-order valence-corrected chi connectivity index (χ4v) is 3.20. The molecule has 4 rings (SSSR count). The molecule has 6 nitrogen and oxygen atoms in total. The number of aromatic nitrogens is 3. The molecule has 0 radical (unpaired) electrons. The van der Waals surface area contributed by atoms with Crippen molar-refractivity contribution in [3.63, 3.8) is 0 Å². The Morgan fingerprint density at radius 2 is 1.55 bits per heavy atom. The summed E-state index contributed by atoms with van der Waals surface area (Å²) in [6.07, 6.45) is 0.173. The summed E-state index contributed by atoms with van der Waals surface area (Å²) in [7, 11) is 0. The third-order valence-electron chi connectivity index (χ3n) is 4.97. The van der Waals surface area contributed by atoms with Crippen LogP contribution in [0, 0.1) is 6.92 Å². The van der Waals surface area contributed by atoms with Gasteiger partial charge in [0, 0.05) is 5.69 Å². The smallest absolute Gasteiger partial charge is 0.230 e. The third kappa shape index (κ3) is 5.57. The number of carbonyl (C=O) groups excluding carboxylic acids is 1. The molecule has 4 aromatic rings. The van der Waals surface area contributed by atoms with Gasteiger partial charge < -0.3 is 10.1 Å². The monoisotopic (exact) mass is 412 g/mol. The van der Waals surface area contributed by atoms with E-state index in [9.17, 15) is 4.79 Å². The Bertz CT molecular complexity index is 1120. The molecule has 3 aromatic carbocycles. The molecule has 156 valence electrons. The van der Waals surface area contributed by atoms with Gasteiger partial charge in [-0.1, -0.05) is 65.9 Å². The molecule has 0 saturated carbocycles. The Kier molecular flexibility index (Phi) is 6.38. The van der Waals surface area contributed by atoms with E-state index in [-0.39, 0.29) is 12.3 Å². The minimum atomic E-state index is -0.132. The predicted octanol–water partition coefficient (Wildman–Crippen LogP) is 4.40. The van der Waals surface area contributed by atoms with Gasteiger partial charge in [0.05, 0.1) is 24.4 Å². The van der Waals surface area contributed by atoms with E-state index in [2.05, 4.69) is 15.6 Å². The molecule has 0 bridgehead atoms. The van der Waals surface area contributed by atoms with Gasteiger partial charge in [-0.15, -0.1) is 5.10 Å². The number of nitrogens with zero attached hydrogens (tertiary/aromatic N) is 3. The molecule has 1 amide bonds. The van der Waals surface area contributed by atoms with E-state index in [1.807, 2.05) is 96.5 Å². The van der Waals surface area contributed by atoms with Crippen LogP contribution in [0.15, 0.2) is 84.9 Å². The number of ether oxygens (including phenoxy) is 1. The summed E-state index contributed by atoms with van der Waals surface area (Å²) >= 11 is 0. The SMILES string of the molecule is Cc1c(CC(=O)Nc2ccc(OCc3ccccc3)cc2)nnn1Cc1ccccc1. The maximum atomic E-state index is 12.5. The van der Waals surface area contributed by atoms with Crippen molar-refractivity contribution in [2.45, 2.75) is 26.5 Å². The van der Waals surface area contributed by atoms with Crippen LogP contribution in [0.4, 0.5) is 5.69 Å². The second-order valence-corrected chi connectivity index (χ2v) is 7.29. The summed E-state index contributed by atoms with van der Waals surface area (Å²) < 4.78 is 7.60. The lowest BCUT2D eigenvalue weighted by molar-refractivity contribution is -0.115. The molecule has 0 aliphatic heterocycles. The van der Waals surface area contributed by atoms with Crippen molar-refractivity contribution in [1.82, 2.24) is 15.0 Å². The molecule has 1 heterocycles. The summed E-state index contributed by atoms with van der Waals surface area (Å²) in [6.45, 7) is 3.07. The van der Waals surface area contributed by atoms with Crippen LogP contribution < -0.4 is 10.1 Å². The van der Waals surface area contributed by atoms with E-state index in [1.165, 1.54) is 0 Å². The van der Waals surface area contributed by atoms with Crippen molar-refractivity contribution in [1.29, 1.82) is 0 Å². The molecule has 0 atom stereocenters. The number of carbonyl (C=O) groups is 1. The standard InChI is InChI=1S/C25H24N4O2/c1-19-24(27-28-29(19)17-20-8-4-2-5-9-20)16-25(30)26-22-12-14-23(15-13-22)31-18-21-10-6-3-7-11-21/h2-15H,16-18H2,1H3,(H,26,30). The fourth-order valence-electron chi connectivity index (χ4n) is 3.20. The topological polar surface area (TPSA) is 69.0 Å². The van der Waals surface area contributed by atoms with Crippen LogP contribution in [-0.2, 0) is 24.4 Å². The average Bonchev–Trinajstić information content (AvgIpc) is 3.13. The highest BCUT2D eigenvalue weighted by Crippen LogP contribution is 2.18. The van der Waals surface area contributed by atoms with Crippen molar-refractivity contribution in [2.24, 2.45) is 0 Å². The molecule has 1 aromatic heterocycles. The molecular weight excluding hydrogens is 388 g/mol. The van der Waals surface area contributed by atoms with Crippen LogP contribution in [-0.4, -0.2) is 20.9 Å². The van der Waals surface area contributed by atoms with Crippen LogP contribution in [0.2, 0.25) is 0 Å². The van der Waals surface area contributed by atoms with Crippen molar-refractivity contribution >= 4 is 11.6 Å². The van der Waals surface area contributed by atoms with Crippen molar-refractivity contribution < 1.29 is 9.53 Å². The lowest BCUT2D eigenvalue weighted by Gasteiger charge is -2.08. The Labute approximate surface area is 181 Å². The van der Waals surface area contributed by atoms with Gasteiger partial charge in [-0.3, -0.25) is 4.79 Å². The first-order valence-electron chi connectivity index (χ1n) is 10.2. The summed E-state index contributed by atoms with van der Waals surface area (Å²) in [5.74, 6) is 0.620. The fraction of sp³-hybridized carbons (Fsp3) is 0.160. The number of rotatable bonds is 8. The van der Waals surface area contributed by atoms with Gasteiger partial charge in [0.25, 0.3) is 0 Å². The highest BCUT2D eigenvalue weighted by atomic mass is 16.5. The second kappa shape index (κ2) is 9.71. The van der Waals surface area contributed by atoms with E-state index in [1.54, 1.807) is 0 Å². The van der Waals surface area contributed by atoms with Crippen LogP contribution in [0.3, 0.4) is 0 Å². The maximum absolute atomic E-state index is 12.5. The first-order valence-corrected chi connectivity index (χ1v) is 10.2. The largest absolute Gasteiger partial charge is 0.489 e. The van der Waals surface area contributed by atoms with Crippen molar-refractivity contribution in [3.05, 3.63) is 107 Å². The molecule has 0 fully saturated rings. The molecular formula is C25H24N4O2. The van der Waals surface area contributed by atoms with E-state index < -0.39 is 0 Å². The Morgan fingerprint density at radius 3 is 2.23 bits per heavy atom. The molecule has 0 saturated heterocycles. The van der Waals surface area contributed by atoms with E-state index in [0.717, 1.165) is 22.6 Å². The number of nitrogens with one attached hydrogen (secondary N) is 1. The molecule has 0 spiro atoms. The number of hydrogen-bond donors (Lipinski definition) is 1. The zero-order chi connectivity index (χ0) is 21.5. The Hall–Kier alpha value is -3.93. The molecule has 31 heavy (non-hydrogen) atoms. The van der Waals surface area contributed by atoms with Gasteiger partial charge in [-0.05, 0) is 42.3 Å². The van der Waals surface area contributed by atoms with Crippen molar-refractivity contribution in [2.75, 3.05) is 5.32 Å². The predicted molar refractivity (Wildman–Crippen MR) is 120 cm³/mol. The molecule has 0 aliphatic carbocycles. The van der Waals surface area contributed by atoms with Gasteiger partial charge in [0.2, 0.25) is 5.91 Å². The van der Waals surface area contributed by atoms with Crippen LogP contribution >= 0.6 is 0 Å². The van der Waals surface area contributed by atoms with Gasteiger partial charge in [-0.25, -0.2) is 4.68 Å². The highest BCUT2D eigenvalue weighted by molar-refractivity contribution is 5.92. The first-order chi connectivity index (χ1) is 15.2. The zero-order valence-corrected chi connectivity index (χ0v) is 17.4. The first kappa shape index (κ1) is 20.3. The Balaban J connectivity index is 1.30. The molecule has 0 aliphatic rings. The van der Waals surface area contributed by atoms with Crippen LogP contribution in [0.25, 0.3) is 0 Å². The second-order valence-electron chi connectivity index (χ2n) is 7.29. The van der Waals surface area contributed by atoms with Gasteiger partial charge in [-0.2, -0.15) is 0 Å². The third-order valence-corrected chi connectivity index (χ3v) is 4.97. The van der Waals surface area contributed by atoms with Crippen LogP contribution in [0.1, 0.15) is 22.5 Å². The number of hydrogen-bond acceptors (Lipinski definition) is 4. The lowest BCUT2D eigenvalue weighted by atomic mass is 10.2. The number of amides is 1. The minimum Gasteiger partial charge on any atom is -0.489 e. The summed E-state index contributed by atoms with van der Waals surface area (Å²) in [6, 6.07) is 27.4. The normalized spacial score (nSPS) is 10.6. The summed E-state index contributed by atoms with van der Waals surface area (Å²) in [5.41, 5.74) is 4.53. The highest BCUT2D eigenvalue weighted by Gasteiger charge is 2.13. The van der Waals surface area contributed by atoms with Crippen molar-refractivity contribution in [3.8, 4) is 5.75 Å². The quantitative estimate of drug-likeness (QED) is 0.466.